The summed E-state index contributed by atoms with van der Waals surface area (Å²) >= 11 is 3.73. The Morgan fingerprint density at radius 2 is 2.00 bits per heavy atom. The van der Waals surface area contributed by atoms with Gasteiger partial charge in [0.15, 0.2) is 0 Å². The lowest BCUT2D eigenvalue weighted by molar-refractivity contribution is -0.140. The van der Waals surface area contributed by atoms with E-state index in [1.165, 1.54) is 6.92 Å². The molecule has 0 aromatic carbocycles. The standard InChI is InChI=1S/C5H9NO3S.C4H5N/c1-3(7)6-4(2-10)5(8)9;1-2-4-5-3-1/h4,10H,2H2,1H3,(H,6,7)(H,8,9);1-5H. The summed E-state index contributed by atoms with van der Waals surface area (Å²) in [6.07, 6.45) is 3.75. The van der Waals surface area contributed by atoms with Gasteiger partial charge in [-0.2, -0.15) is 12.6 Å². The first kappa shape index (κ1) is 13.6. The molecule has 1 aromatic rings. The molecule has 0 spiro atoms. The normalized spacial score (nSPS) is 10.8. The number of amides is 1. The summed E-state index contributed by atoms with van der Waals surface area (Å²) in [7, 11) is 0. The monoisotopic (exact) mass is 230 g/mol. The molecule has 5 nitrogen and oxygen atoms in total. The fraction of sp³-hybridized carbons (Fsp3) is 0.333. The van der Waals surface area contributed by atoms with E-state index in [0.717, 1.165) is 0 Å². The lowest BCUT2D eigenvalue weighted by atomic mass is 10.3. The molecule has 0 bridgehead atoms. The molecule has 3 N–H and O–H groups in total. The highest BCUT2D eigenvalue weighted by Gasteiger charge is 2.15. The number of aromatic nitrogens is 1. The SMILES string of the molecule is CC(=O)NC(CS)C(=O)O.c1cc[nH]c1. The molecule has 0 aliphatic rings. The van der Waals surface area contributed by atoms with Crippen molar-refractivity contribution in [3.63, 3.8) is 0 Å². The number of rotatable bonds is 3. The van der Waals surface area contributed by atoms with Gasteiger partial charge in [0.05, 0.1) is 0 Å². The zero-order valence-corrected chi connectivity index (χ0v) is 9.20. The molecule has 1 amide bonds. The number of carbonyl (C=O) groups excluding carboxylic acids is 1. The van der Waals surface area contributed by atoms with Gasteiger partial charge >= 0.3 is 5.97 Å². The summed E-state index contributed by atoms with van der Waals surface area (Å²) in [4.78, 5) is 23.4. The quantitative estimate of drug-likeness (QED) is 0.571. The molecule has 0 saturated carbocycles. The lowest BCUT2D eigenvalue weighted by Gasteiger charge is -2.08. The number of nitrogens with one attached hydrogen (secondary N) is 2. The van der Waals surface area contributed by atoms with Gasteiger partial charge < -0.3 is 15.4 Å². The van der Waals surface area contributed by atoms with Crippen LogP contribution < -0.4 is 5.32 Å². The Balaban J connectivity index is 0.000000322. The molecular formula is C9H14N2O3S. The Labute approximate surface area is 93.3 Å². The van der Waals surface area contributed by atoms with Crippen molar-refractivity contribution in [2.45, 2.75) is 13.0 Å². The van der Waals surface area contributed by atoms with Crippen LogP contribution in [0.1, 0.15) is 6.92 Å². The third kappa shape index (κ3) is 7.63. The number of thiol groups is 1. The van der Waals surface area contributed by atoms with Gasteiger partial charge in [0.2, 0.25) is 5.91 Å². The molecule has 1 rings (SSSR count). The maximum atomic E-state index is 10.3. The molecule has 1 heterocycles. The molecule has 15 heavy (non-hydrogen) atoms. The fourth-order valence-corrected chi connectivity index (χ4v) is 0.956. The number of H-pyrrole nitrogens is 1. The average Bonchev–Trinajstić information content (AvgIpc) is 2.71. The second-order valence-corrected chi connectivity index (χ2v) is 3.02. The number of carboxylic acid groups (broad SMARTS) is 1. The maximum absolute atomic E-state index is 10.3. The molecular weight excluding hydrogens is 216 g/mol. The highest BCUT2D eigenvalue weighted by atomic mass is 32.1. The Kier molecular flexibility index (Phi) is 7.17. The van der Waals surface area contributed by atoms with Crippen molar-refractivity contribution in [1.29, 1.82) is 0 Å². The molecule has 1 atom stereocenters. The highest BCUT2D eigenvalue weighted by Crippen LogP contribution is 1.86. The predicted molar refractivity (Wildman–Crippen MR) is 59.9 cm³/mol. The van der Waals surface area contributed by atoms with Crippen LogP contribution in [-0.4, -0.2) is 33.8 Å². The summed E-state index contributed by atoms with van der Waals surface area (Å²) < 4.78 is 0. The van der Waals surface area contributed by atoms with Crippen LogP contribution in [0.15, 0.2) is 24.5 Å². The van der Waals surface area contributed by atoms with Gasteiger partial charge in [-0.15, -0.1) is 0 Å². The smallest absolute Gasteiger partial charge is 0.327 e. The van der Waals surface area contributed by atoms with E-state index >= 15 is 0 Å². The molecule has 0 fully saturated rings. The molecule has 0 aliphatic heterocycles. The first-order valence-electron chi connectivity index (χ1n) is 4.26. The van der Waals surface area contributed by atoms with Gasteiger partial charge in [-0.1, -0.05) is 0 Å². The lowest BCUT2D eigenvalue weighted by Crippen LogP contribution is -2.40. The first-order chi connectivity index (χ1) is 7.07. The Morgan fingerprint density at radius 3 is 2.13 bits per heavy atom. The molecule has 1 aromatic heterocycles. The summed E-state index contributed by atoms with van der Waals surface area (Å²) in [6.45, 7) is 1.26. The third-order valence-electron chi connectivity index (χ3n) is 1.35. The largest absolute Gasteiger partial charge is 0.480 e. The molecule has 0 saturated heterocycles. The third-order valence-corrected chi connectivity index (χ3v) is 1.72. The molecule has 0 aliphatic carbocycles. The van der Waals surface area contributed by atoms with Gasteiger partial charge in [0, 0.05) is 25.1 Å². The van der Waals surface area contributed by atoms with E-state index < -0.39 is 12.0 Å². The topological polar surface area (TPSA) is 82.2 Å². The van der Waals surface area contributed by atoms with Gasteiger partial charge in [-0.25, -0.2) is 4.79 Å². The van der Waals surface area contributed by atoms with Crippen LogP contribution in [0.2, 0.25) is 0 Å². The molecule has 84 valence electrons. The highest BCUT2D eigenvalue weighted by molar-refractivity contribution is 7.80. The van der Waals surface area contributed by atoms with Crippen molar-refractivity contribution >= 4 is 24.5 Å². The second-order valence-electron chi connectivity index (χ2n) is 2.66. The minimum Gasteiger partial charge on any atom is -0.480 e. The molecule has 6 heteroatoms. The van der Waals surface area contributed by atoms with Gasteiger partial charge in [-0.05, 0) is 12.1 Å². The number of carboxylic acids is 1. The van der Waals surface area contributed by atoms with E-state index in [1.807, 2.05) is 24.5 Å². The van der Waals surface area contributed by atoms with Crippen LogP contribution in [0, 0.1) is 0 Å². The summed E-state index contributed by atoms with van der Waals surface area (Å²) in [5.41, 5.74) is 0. The minimum absolute atomic E-state index is 0.106. The van der Waals surface area contributed by atoms with E-state index in [1.54, 1.807) is 0 Å². The van der Waals surface area contributed by atoms with Gasteiger partial charge in [-0.3, -0.25) is 4.79 Å². The molecule has 0 radical (unpaired) electrons. The van der Waals surface area contributed by atoms with Crippen LogP contribution in [0.4, 0.5) is 0 Å². The van der Waals surface area contributed by atoms with Crippen LogP contribution in [-0.2, 0) is 9.59 Å². The van der Waals surface area contributed by atoms with Crippen LogP contribution >= 0.6 is 12.6 Å². The number of carbonyl (C=O) groups is 2. The predicted octanol–water partition coefficient (Wildman–Crippen LogP) is 0.520. The van der Waals surface area contributed by atoms with Crippen LogP contribution in [0.5, 0.6) is 0 Å². The Hall–Kier alpha value is -1.43. The van der Waals surface area contributed by atoms with Crippen LogP contribution in [0.25, 0.3) is 0 Å². The van der Waals surface area contributed by atoms with Gasteiger partial charge in [0.1, 0.15) is 6.04 Å². The van der Waals surface area contributed by atoms with E-state index in [9.17, 15) is 9.59 Å². The fourth-order valence-electron chi connectivity index (χ4n) is 0.709. The van der Waals surface area contributed by atoms with E-state index in [2.05, 4.69) is 22.9 Å². The van der Waals surface area contributed by atoms with Crippen molar-refractivity contribution in [2.75, 3.05) is 5.75 Å². The zero-order valence-electron chi connectivity index (χ0n) is 8.30. The number of hydrogen-bond acceptors (Lipinski definition) is 3. The number of aliphatic carboxylic acids is 1. The van der Waals surface area contributed by atoms with Crippen LogP contribution in [0.3, 0.4) is 0 Å². The van der Waals surface area contributed by atoms with E-state index in [4.69, 9.17) is 5.11 Å². The van der Waals surface area contributed by atoms with Crippen molar-refractivity contribution in [3.05, 3.63) is 24.5 Å². The van der Waals surface area contributed by atoms with Crippen molar-refractivity contribution in [3.8, 4) is 0 Å². The Bertz CT molecular complexity index is 270. The second kappa shape index (κ2) is 7.93. The minimum atomic E-state index is -1.06. The first-order valence-corrected chi connectivity index (χ1v) is 4.89. The zero-order chi connectivity index (χ0) is 11.7. The van der Waals surface area contributed by atoms with Crippen molar-refractivity contribution in [2.24, 2.45) is 0 Å². The average molecular weight is 230 g/mol. The summed E-state index contributed by atoms with van der Waals surface area (Å²) in [5, 5.41) is 10.6. The maximum Gasteiger partial charge on any atom is 0.327 e. The Morgan fingerprint density at radius 1 is 1.47 bits per heavy atom. The van der Waals surface area contributed by atoms with Gasteiger partial charge in [0.25, 0.3) is 0 Å². The summed E-state index contributed by atoms with van der Waals surface area (Å²) in [6, 6.07) is 3.01. The summed E-state index contributed by atoms with van der Waals surface area (Å²) in [5.74, 6) is -1.32. The van der Waals surface area contributed by atoms with E-state index in [0.29, 0.717) is 0 Å². The molecule has 1 unspecified atom stereocenters. The van der Waals surface area contributed by atoms with Crippen molar-refractivity contribution < 1.29 is 14.7 Å². The van der Waals surface area contributed by atoms with Crippen molar-refractivity contribution in [1.82, 2.24) is 10.3 Å². The number of hydrogen-bond donors (Lipinski definition) is 4. The van der Waals surface area contributed by atoms with E-state index in [-0.39, 0.29) is 11.7 Å². The number of aromatic amines is 1.